The van der Waals surface area contributed by atoms with Crippen LogP contribution in [0, 0.1) is 12.0 Å². The second-order valence-corrected chi connectivity index (χ2v) is 10.4. The molecule has 0 saturated carbocycles. The van der Waals surface area contributed by atoms with E-state index >= 15 is 0 Å². The molecule has 3 aliphatic rings. The largest absolute Gasteiger partial charge is 0.668 e. The molecule has 4 heteroatoms. The van der Waals surface area contributed by atoms with E-state index in [9.17, 15) is 0 Å². The summed E-state index contributed by atoms with van der Waals surface area (Å²) in [4.78, 5) is 0. The van der Waals surface area contributed by atoms with Gasteiger partial charge in [0.1, 0.15) is 0 Å². The van der Waals surface area contributed by atoms with Crippen LogP contribution in [0.3, 0.4) is 0 Å². The maximum absolute atomic E-state index is 3.63. The first-order valence-electron chi connectivity index (χ1n) is 9.97. The molecule has 0 amide bonds. The van der Waals surface area contributed by atoms with Gasteiger partial charge in [-0.2, -0.15) is 33.8 Å². The van der Waals surface area contributed by atoms with Gasteiger partial charge < -0.3 is 10.6 Å². The van der Waals surface area contributed by atoms with E-state index in [1.165, 1.54) is 39.0 Å². The first kappa shape index (κ1) is 28.3. The van der Waals surface area contributed by atoms with Crippen molar-refractivity contribution in [2.45, 2.75) is 47.2 Å². The molecule has 1 unspecified atom stereocenters. The molecule has 0 bridgehead atoms. The maximum atomic E-state index is 3.63. The molecule has 0 aromatic heterocycles. The molecular formula is C25H37HfN2Si-3. The third-order valence-corrected chi connectivity index (χ3v) is 6.87. The Labute approximate surface area is 200 Å². The van der Waals surface area contributed by atoms with Gasteiger partial charge in [-0.05, 0) is 26.2 Å². The van der Waals surface area contributed by atoms with Crippen molar-refractivity contribution < 1.29 is 25.8 Å². The smallest absolute Gasteiger partial charge is 0.00715 e. The fourth-order valence-electron chi connectivity index (χ4n) is 3.83. The number of hydrogen-bond acceptors (Lipinski definition) is 0. The van der Waals surface area contributed by atoms with Gasteiger partial charge in [0, 0.05) is 34.3 Å². The third-order valence-electron chi connectivity index (χ3n) is 5.11. The molecule has 0 heterocycles. The Morgan fingerprint density at radius 1 is 1.03 bits per heavy atom. The van der Waals surface area contributed by atoms with Crippen LogP contribution in [0.15, 0.2) is 63.3 Å². The summed E-state index contributed by atoms with van der Waals surface area (Å²) in [5, 5.41) is 8.63. The summed E-state index contributed by atoms with van der Waals surface area (Å²) in [6.07, 6.45) is 14.0. The van der Waals surface area contributed by atoms with Crippen LogP contribution in [-0.4, -0.2) is 41.8 Å². The van der Waals surface area contributed by atoms with E-state index in [4.69, 9.17) is 0 Å². The number of hydrogen-bond donors (Lipinski definition) is 0. The van der Waals surface area contributed by atoms with Gasteiger partial charge in [0.2, 0.25) is 0 Å². The van der Waals surface area contributed by atoms with Crippen LogP contribution in [0.5, 0.6) is 0 Å². The van der Waals surface area contributed by atoms with E-state index < -0.39 is 8.41 Å². The molecule has 2 nitrogen and oxygen atoms in total. The Hall–Kier alpha value is -0.683. The molecule has 0 N–H and O–H groups in total. The molecule has 3 aliphatic carbocycles. The first-order chi connectivity index (χ1) is 13.2. The molecule has 0 radical (unpaired) electrons. The Morgan fingerprint density at radius 2 is 1.59 bits per heavy atom. The van der Waals surface area contributed by atoms with Crippen molar-refractivity contribution in [2.24, 2.45) is 5.92 Å². The van der Waals surface area contributed by atoms with Gasteiger partial charge in [0.25, 0.3) is 0 Å². The van der Waals surface area contributed by atoms with E-state index in [-0.39, 0.29) is 25.8 Å². The van der Waals surface area contributed by atoms with E-state index in [1.54, 1.807) is 33.4 Å². The average molecular weight is 572 g/mol. The van der Waals surface area contributed by atoms with Gasteiger partial charge in [0.15, 0.2) is 0 Å². The fourth-order valence-corrected chi connectivity index (χ4v) is 5.27. The zero-order valence-electron chi connectivity index (χ0n) is 20.0. The molecule has 0 fully saturated rings. The molecule has 3 rings (SSSR count). The van der Waals surface area contributed by atoms with Gasteiger partial charge in [0.05, 0.1) is 0 Å². The van der Waals surface area contributed by atoms with Crippen molar-refractivity contribution in [3.8, 4) is 0 Å². The minimum Gasteiger partial charge on any atom is -0.668 e. The SMILES string of the molecule is CC1=[C-]C2=CC=CC(=[Si](C)C)C(C)C2=C1C1=CC(C)=C(C)C1.C[N-]C.C[N-]C.[Hf]. The molecule has 0 spiro atoms. The molecule has 0 aromatic rings. The Balaban J connectivity index is 0.00000100. The molecule has 29 heavy (non-hydrogen) atoms. The van der Waals surface area contributed by atoms with Crippen LogP contribution in [0.4, 0.5) is 0 Å². The number of rotatable bonds is 1. The van der Waals surface area contributed by atoms with Crippen molar-refractivity contribution in [3.63, 3.8) is 0 Å². The van der Waals surface area contributed by atoms with Crippen molar-refractivity contribution in [2.75, 3.05) is 28.2 Å². The summed E-state index contributed by atoms with van der Waals surface area (Å²) in [5.74, 6) is 0.510. The van der Waals surface area contributed by atoms with Gasteiger partial charge in [-0.25, -0.2) is 0 Å². The quantitative estimate of drug-likeness (QED) is 0.251. The van der Waals surface area contributed by atoms with Gasteiger partial charge >= 0.3 is 0 Å². The predicted molar refractivity (Wildman–Crippen MR) is 130 cm³/mol. The molecule has 158 valence electrons. The Kier molecular flexibility index (Phi) is 13.3. The van der Waals surface area contributed by atoms with Crippen LogP contribution in [0.25, 0.3) is 10.6 Å². The van der Waals surface area contributed by atoms with Crippen molar-refractivity contribution in [3.05, 3.63) is 80.0 Å². The van der Waals surface area contributed by atoms with E-state index in [0.717, 1.165) is 6.42 Å². The molecule has 0 aromatic carbocycles. The van der Waals surface area contributed by atoms with Crippen molar-refractivity contribution in [1.29, 1.82) is 0 Å². The number of allylic oxidation sites excluding steroid dienone is 12. The summed E-state index contributed by atoms with van der Waals surface area (Å²) >= 11 is 0. The van der Waals surface area contributed by atoms with Gasteiger partial charge in [-0.1, -0.05) is 61.0 Å². The van der Waals surface area contributed by atoms with Crippen molar-refractivity contribution >= 4 is 13.6 Å². The minimum absolute atomic E-state index is 0. The molecular weight excluding hydrogens is 535 g/mol. The minimum atomic E-state index is -0.434. The maximum Gasteiger partial charge on any atom is 0.00715 e. The summed E-state index contributed by atoms with van der Waals surface area (Å²) in [7, 11) is 6.57. The Bertz CT molecular complexity index is 799. The monoisotopic (exact) mass is 573 g/mol. The first-order valence-corrected chi connectivity index (χ1v) is 12.5. The van der Waals surface area contributed by atoms with Crippen LogP contribution < -0.4 is 0 Å². The normalized spacial score (nSPS) is 19.7. The number of nitrogens with zero attached hydrogens (tertiary/aromatic N) is 2. The number of fused-ring (bicyclic) bond motifs is 1. The van der Waals surface area contributed by atoms with Crippen LogP contribution in [0.2, 0.25) is 13.1 Å². The second-order valence-electron chi connectivity index (χ2n) is 7.86. The van der Waals surface area contributed by atoms with E-state index in [0.29, 0.717) is 5.92 Å². The summed E-state index contributed by atoms with van der Waals surface area (Å²) in [5.41, 5.74) is 10.0. The van der Waals surface area contributed by atoms with E-state index in [1.807, 2.05) is 0 Å². The zero-order valence-corrected chi connectivity index (χ0v) is 24.6. The molecule has 1 atom stereocenters. The molecule has 0 saturated heterocycles. The van der Waals surface area contributed by atoms with Crippen LogP contribution in [-0.2, 0) is 25.8 Å². The Morgan fingerprint density at radius 3 is 2.03 bits per heavy atom. The average Bonchev–Trinajstić information content (AvgIpc) is 3.05. The van der Waals surface area contributed by atoms with Crippen LogP contribution in [0.1, 0.15) is 34.1 Å². The third kappa shape index (κ3) is 7.20. The second kappa shape index (κ2) is 13.6. The van der Waals surface area contributed by atoms with Gasteiger partial charge in [-0.15, -0.1) is 34.9 Å². The summed E-state index contributed by atoms with van der Waals surface area (Å²) in [6.45, 7) is 13.9. The van der Waals surface area contributed by atoms with Gasteiger partial charge in [-0.3, -0.25) is 0 Å². The molecule has 0 aliphatic heterocycles. The van der Waals surface area contributed by atoms with Crippen LogP contribution >= 0.6 is 0 Å². The summed E-state index contributed by atoms with van der Waals surface area (Å²) < 4.78 is 0. The zero-order chi connectivity index (χ0) is 21.4. The topological polar surface area (TPSA) is 28.2 Å². The van der Waals surface area contributed by atoms with Crippen molar-refractivity contribution in [1.82, 2.24) is 0 Å². The van der Waals surface area contributed by atoms with E-state index in [2.05, 4.69) is 81.8 Å². The fraction of sp³-hybridized carbons (Fsp3) is 0.480. The predicted octanol–water partition coefficient (Wildman–Crippen LogP) is 6.59. The standard InChI is InChI=1S/C21H25Si.2C2H6N.Hf/c1-13-10-18(11-14(13)2)20-15(3)12-17-8-7-9-19(22(5)6)16(4)21(17)20;2*1-3-2;/h7-10,16H,11H2,1-6H3;2*1-2H3;/q3*-1;. The summed E-state index contributed by atoms with van der Waals surface area (Å²) in [6, 6.07) is 0.